The molecule has 0 aliphatic carbocycles. The number of benzene rings is 1. The van der Waals surface area contributed by atoms with E-state index in [-0.39, 0.29) is 0 Å². The number of piperidine rings is 1. The first-order valence-corrected chi connectivity index (χ1v) is 7.94. The molecule has 1 aliphatic rings. The molecule has 21 heavy (non-hydrogen) atoms. The molecule has 0 saturated carbocycles. The van der Waals surface area contributed by atoms with Gasteiger partial charge in [0.05, 0.1) is 16.3 Å². The summed E-state index contributed by atoms with van der Waals surface area (Å²) in [5, 5.41) is 0.504. The number of nitrogen functional groups attached to an aromatic ring is 1. The summed E-state index contributed by atoms with van der Waals surface area (Å²) in [7, 11) is 0. The van der Waals surface area contributed by atoms with Gasteiger partial charge in [-0.05, 0) is 30.4 Å². The first-order chi connectivity index (χ1) is 9.92. The third-order valence-electron chi connectivity index (χ3n) is 4.99. The molecule has 1 aromatic carbocycles. The summed E-state index contributed by atoms with van der Waals surface area (Å²) in [5.74, 6) is -0.484. The Bertz CT molecular complexity index is 531. The Kier molecular flexibility index (Phi) is 4.67. The number of halogens is 1. The van der Waals surface area contributed by atoms with Crippen molar-refractivity contribution in [3.8, 4) is 0 Å². The van der Waals surface area contributed by atoms with Gasteiger partial charge in [0.1, 0.15) is 0 Å². The Hall–Kier alpha value is -1.42. The lowest BCUT2D eigenvalue weighted by Crippen LogP contribution is -2.40. The smallest absolute Gasteiger partial charge is 0.250 e. The monoisotopic (exact) mass is 309 g/mol. The molecule has 0 spiro atoms. The molecule has 0 bridgehead atoms. The van der Waals surface area contributed by atoms with Crippen molar-refractivity contribution < 1.29 is 4.79 Å². The fraction of sp³-hybridized carbons (Fsp3) is 0.562. The van der Waals surface area contributed by atoms with Crippen molar-refractivity contribution in [2.45, 2.75) is 39.5 Å². The molecule has 2 rings (SSSR count). The van der Waals surface area contributed by atoms with Crippen molar-refractivity contribution in [1.82, 2.24) is 0 Å². The lowest BCUT2D eigenvalue weighted by atomic mass is 9.74. The first-order valence-electron chi connectivity index (χ1n) is 7.56. The van der Waals surface area contributed by atoms with Gasteiger partial charge in [-0.3, -0.25) is 4.79 Å². The molecule has 5 heteroatoms. The summed E-state index contributed by atoms with van der Waals surface area (Å²) in [6.07, 6.45) is 4.60. The molecule has 4 N–H and O–H groups in total. The second kappa shape index (κ2) is 6.14. The number of carbonyl (C=O) groups excluding carboxylic acids is 1. The fourth-order valence-corrected chi connectivity index (χ4v) is 3.64. The average molecular weight is 310 g/mol. The molecule has 1 saturated heterocycles. The summed E-state index contributed by atoms with van der Waals surface area (Å²) in [4.78, 5) is 13.9. The molecule has 0 atom stereocenters. The average Bonchev–Trinajstić information content (AvgIpc) is 2.47. The van der Waals surface area contributed by atoms with E-state index < -0.39 is 5.91 Å². The molecule has 0 aromatic heterocycles. The molecular weight excluding hydrogens is 286 g/mol. The van der Waals surface area contributed by atoms with Crippen LogP contribution in [0.1, 0.15) is 49.9 Å². The molecule has 1 heterocycles. The minimum Gasteiger partial charge on any atom is -0.399 e. The zero-order valence-electron chi connectivity index (χ0n) is 12.8. The lowest BCUT2D eigenvalue weighted by molar-refractivity contribution is 0.100. The van der Waals surface area contributed by atoms with Crippen LogP contribution in [-0.2, 0) is 0 Å². The van der Waals surface area contributed by atoms with Crippen LogP contribution in [0.4, 0.5) is 11.4 Å². The normalized spacial score (nSPS) is 17.8. The van der Waals surface area contributed by atoms with Crippen molar-refractivity contribution in [1.29, 1.82) is 0 Å². The van der Waals surface area contributed by atoms with Gasteiger partial charge in [-0.1, -0.05) is 38.3 Å². The number of nitrogens with two attached hydrogens (primary N) is 2. The zero-order valence-corrected chi connectivity index (χ0v) is 13.5. The SMILES string of the molecule is CCC1(CC)CCN(c2c(Cl)cc(N)cc2C(N)=O)CC1. The van der Waals surface area contributed by atoms with Crippen LogP contribution in [0.15, 0.2) is 12.1 Å². The van der Waals surface area contributed by atoms with Crippen LogP contribution >= 0.6 is 11.6 Å². The first kappa shape index (κ1) is 16.0. The van der Waals surface area contributed by atoms with Crippen LogP contribution in [-0.4, -0.2) is 19.0 Å². The van der Waals surface area contributed by atoms with E-state index in [2.05, 4.69) is 18.7 Å². The second-order valence-electron chi connectivity index (χ2n) is 5.96. The van der Waals surface area contributed by atoms with Crippen LogP contribution in [0, 0.1) is 5.41 Å². The summed E-state index contributed by atoms with van der Waals surface area (Å²) in [6.45, 7) is 6.30. The maximum Gasteiger partial charge on any atom is 0.250 e. The third kappa shape index (κ3) is 3.10. The van der Waals surface area contributed by atoms with Gasteiger partial charge in [0.2, 0.25) is 0 Å². The van der Waals surface area contributed by atoms with Crippen molar-refractivity contribution in [3.05, 3.63) is 22.7 Å². The van der Waals surface area contributed by atoms with E-state index in [1.807, 2.05) is 0 Å². The minimum absolute atomic E-state index is 0.417. The number of hydrogen-bond acceptors (Lipinski definition) is 3. The van der Waals surface area contributed by atoms with Gasteiger partial charge in [-0.15, -0.1) is 0 Å². The minimum atomic E-state index is -0.484. The molecular formula is C16H24ClN3O. The van der Waals surface area contributed by atoms with Crippen molar-refractivity contribution in [2.75, 3.05) is 23.7 Å². The van der Waals surface area contributed by atoms with Crippen molar-refractivity contribution in [3.63, 3.8) is 0 Å². The molecule has 1 aliphatic heterocycles. The van der Waals surface area contributed by atoms with Gasteiger partial charge in [0.25, 0.3) is 5.91 Å². The topological polar surface area (TPSA) is 72.3 Å². The van der Waals surface area contributed by atoms with Crippen molar-refractivity contribution >= 4 is 28.9 Å². The van der Waals surface area contributed by atoms with E-state index in [4.69, 9.17) is 23.1 Å². The van der Waals surface area contributed by atoms with E-state index in [0.717, 1.165) is 31.6 Å². The number of carbonyl (C=O) groups is 1. The fourth-order valence-electron chi connectivity index (χ4n) is 3.29. The maximum atomic E-state index is 11.7. The molecule has 0 unspecified atom stereocenters. The molecule has 1 amide bonds. The summed E-state index contributed by atoms with van der Waals surface area (Å²) in [6, 6.07) is 3.30. The molecule has 1 fully saturated rings. The predicted octanol–water partition coefficient (Wildman–Crippen LogP) is 3.43. The Balaban J connectivity index is 2.30. The molecule has 116 valence electrons. The van der Waals surface area contributed by atoms with Crippen LogP contribution in [0.5, 0.6) is 0 Å². The zero-order chi connectivity index (χ0) is 15.6. The highest BCUT2D eigenvalue weighted by Crippen LogP contribution is 2.41. The number of rotatable bonds is 4. The standard InChI is InChI=1S/C16H24ClN3O/c1-3-16(4-2)5-7-20(8-6-16)14-12(15(19)21)9-11(18)10-13(14)17/h9-10H,3-8,18H2,1-2H3,(H2,19,21). The van der Waals surface area contributed by atoms with Crippen LogP contribution < -0.4 is 16.4 Å². The van der Waals surface area contributed by atoms with Gasteiger partial charge < -0.3 is 16.4 Å². The Morgan fingerprint density at radius 1 is 1.29 bits per heavy atom. The summed E-state index contributed by atoms with van der Waals surface area (Å²) in [5.41, 5.74) is 13.3. The second-order valence-corrected chi connectivity index (χ2v) is 6.36. The van der Waals surface area contributed by atoms with Gasteiger partial charge in [-0.25, -0.2) is 0 Å². The van der Waals surface area contributed by atoms with E-state index in [1.54, 1.807) is 12.1 Å². The lowest BCUT2D eigenvalue weighted by Gasteiger charge is -2.42. The number of primary amides is 1. The highest BCUT2D eigenvalue weighted by Gasteiger charge is 2.33. The van der Waals surface area contributed by atoms with Crippen LogP contribution in [0.25, 0.3) is 0 Å². The van der Waals surface area contributed by atoms with Crippen LogP contribution in [0.3, 0.4) is 0 Å². The predicted molar refractivity (Wildman–Crippen MR) is 88.8 cm³/mol. The highest BCUT2D eigenvalue weighted by molar-refractivity contribution is 6.34. The van der Waals surface area contributed by atoms with E-state index in [9.17, 15) is 4.79 Å². The molecule has 1 aromatic rings. The summed E-state index contributed by atoms with van der Waals surface area (Å²) < 4.78 is 0. The number of hydrogen-bond donors (Lipinski definition) is 2. The number of nitrogens with zero attached hydrogens (tertiary/aromatic N) is 1. The molecule has 0 radical (unpaired) electrons. The number of amides is 1. The van der Waals surface area contributed by atoms with E-state index >= 15 is 0 Å². The Morgan fingerprint density at radius 3 is 2.33 bits per heavy atom. The molecule has 4 nitrogen and oxygen atoms in total. The quantitative estimate of drug-likeness (QED) is 0.837. The summed E-state index contributed by atoms with van der Waals surface area (Å²) >= 11 is 6.32. The van der Waals surface area contributed by atoms with E-state index in [1.165, 1.54) is 12.8 Å². The van der Waals surface area contributed by atoms with Gasteiger partial charge >= 0.3 is 0 Å². The van der Waals surface area contributed by atoms with Crippen LogP contribution in [0.2, 0.25) is 5.02 Å². The Morgan fingerprint density at radius 2 is 1.86 bits per heavy atom. The highest BCUT2D eigenvalue weighted by atomic mass is 35.5. The number of anilines is 2. The van der Waals surface area contributed by atoms with E-state index in [0.29, 0.717) is 21.7 Å². The van der Waals surface area contributed by atoms with Gasteiger partial charge in [0.15, 0.2) is 0 Å². The Labute approximate surface area is 131 Å². The van der Waals surface area contributed by atoms with Gasteiger partial charge in [0, 0.05) is 18.8 Å². The van der Waals surface area contributed by atoms with Crippen molar-refractivity contribution in [2.24, 2.45) is 11.1 Å². The van der Waals surface area contributed by atoms with Gasteiger partial charge in [-0.2, -0.15) is 0 Å². The third-order valence-corrected chi connectivity index (χ3v) is 5.28. The maximum absolute atomic E-state index is 11.7. The largest absolute Gasteiger partial charge is 0.399 e.